The number of alkyl halides is 6. The summed E-state index contributed by atoms with van der Waals surface area (Å²) in [5.41, 5.74) is -1.60. The minimum Gasteiger partial charge on any atom is -0.307 e. The normalized spacial score (nSPS) is 13.4. The smallest absolute Gasteiger partial charge is 0.307 e. The van der Waals surface area contributed by atoms with Gasteiger partial charge < -0.3 is 4.57 Å². The molecule has 0 saturated carbocycles. The minimum absolute atomic E-state index is 0.0899. The number of carbonyl (C=O) groups excluding carboxylic acids is 2. The van der Waals surface area contributed by atoms with E-state index < -0.39 is 46.3 Å². The van der Waals surface area contributed by atoms with Crippen LogP contribution < -0.4 is 4.90 Å². The molecule has 0 bridgehead atoms. The van der Waals surface area contributed by atoms with Crippen molar-refractivity contribution in [1.82, 2.24) is 4.57 Å². The topological polar surface area (TPSA) is 42.3 Å². The van der Waals surface area contributed by atoms with Crippen molar-refractivity contribution in [2.75, 3.05) is 4.90 Å². The van der Waals surface area contributed by atoms with Gasteiger partial charge in [0.05, 0.1) is 44.7 Å². The lowest BCUT2D eigenvalue weighted by Gasteiger charge is -2.23. The van der Waals surface area contributed by atoms with Gasteiger partial charge in [-0.05, 0) is 35.4 Å². The van der Waals surface area contributed by atoms with Gasteiger partial charge in [0.25, 0.3) is 11.8 Å². The summed E-state index contributed by atoms with van der Waals surface area (Å²) in [5.74, 6) is -1.65. The van der Waals surface area contributed by atoms with E-state index in [-0.39, 0.29) is 33.3 Å². The number of halogens is 6. The van der Waals surface area contributed by atoms with Gasteiger partial charge in [-0.3, -0.25) is 9.59 Å². The molecule has 0 unspecified atom stereocenters. The number of hydrogen-bond acceptors (Lipinski definition) is 2. The summed E-state index contributed by atoms with van der Waals surface area (Å²) < 4.78 is 88.6. The van der Waals surface area contributed by atoms with E-state index in [4.69, 9.17) is 0 Å². The van der Waals surface area contributed by atoms with Crippen LogP contribution in [0.5, 0.6) is 0 Å². The largest absolute Gasteiger partial charge is 0.418 e. The SMILES string of the molecule is O=C1c2cccc(-n3c4c(C(F)(F)F)cccc4c4cccc(C(F)(F)F)c43)c2C(=O)N1c1c(-c2ccccc2)cccc1-c1ccccc1. The number of anilines is 1. The summed E-state index contributed by atoms with van der Waals surface area (Å²) >= 11 is 0. The van der Waals surface area contributed by atoms with E-state index in [1.54, 1.807) is 42.5 Å². The van der Waals surface area contributed by atoms with Crippen molar-refractivity contribution in [2.24, 2.45) is 0 Å². The first kappa shape index (κ1) is 31.1. The van der Waals surface area contributed by atoms with Crippen molar-refractivity contribution >= 4 is 39.3 Å². The van der Waals surface area contributed by atoms with E-state index in [1.165, 1.54) is 30.3 Å². The van der Waals surface area contributed by atoms with Gasteiger partial charge in [-0.1, -0.05) is 109 Å². The Bertz CT molecular complexity index is 2370. The maximum atomic E-state index is 14.8. The van der Waals surface area contributed by atoms with E-state index in [1.807, 2.05) is 36.4 Å². The molecule has 0 atom stereocenters. The minimum atomic E-state index is -4.97. The van der Waals surface area contributed by atoms with Crippen LogP contribution in [0.3, 0.4) is 0 Å². The van der Waals surface area contributed by atoms with Crippen LogP contribution in [0.4, 0.5) is 32.0 Å². The molecule has 50 heavy (non-hydrogen) atoms. The van der Waals surface area contributed by atoms with Gasteiger partial charge in [0.2, 0.25) is 0 Å². The first-order valence-electron chi connectivity index (χ1n) is 15.4. The second kappa shape index (κ2) is 11.2. The molecule has 4 nitrogen and oxygen atoms in total. The molecule has 2 amide bonds. The third-order valence-electron chi connectivity index (χ3n) is 8.98. The van der Waals surface area contributed by atoms with Crippen molar-refractivity contribution in [2.45, 2.75) is 12.4 Å². The van der Waals surface area contributed by atoms with Crippen molar-refractivity contribution in [1.29, 1.82) is 0 Å². The van der Waals surface area contributed by atoms with Crippen LogP contribution in [0, 0.1) is 0 Å². The molecule has 6 aromatic carbocycles. The number of carbonyl (C=O) groups is 2. The molecule has 0 spiro atoms. The lowest BCUT2D eigenvalue weighted by molar-refractivity contribution is -0.136. The molecule has 1 aliphatic heterocycles. The average Bonchev–Trinajstić information content (AvgIpc) is 3.58. The number of hydrogen-bond donors (Lipinski definition) is 0. The van der Waals surface area contributed by atoms with Crippen molar-refractivity contribution in [3.63, 3.8) is 0 Å². The Hall–Kier alpha value is -6.16. The van der Waals surface area contributed by atoms with Crippen LogP contribution in [0.25, 0.3) is 49.7 Å². The van der Waals surface area contributed by atoms with Gasteiger partial charge >= 0.3 is 12.4 Å². The van der Waals surface area contributed by atoms with Crippen LogP contribution >= 0.6 is 0 Å². The standard InChI is InChI=1S/C40H22F6N2O2/c41-39(42,43)30-20-8-17-27-28-18-9-21-31(40(44,45)46)36(28)47(35(27)30)32-22-10-19-29-33(32)38(50)48(37(29)49)34-25(23-11-3-1-4-12-23)15-7-16-26(34)24-13-5-2-6-14-24/h1-22H. The highest BCUT2D eigenvalue weighted by Crippen LogP contribution is 2.48. The highest BCUT2D eigenvalue weighted by atomic mass is 19.4. The molecule has 0 aliphatic carbocycles. The number of aromatic nitrogens is 1. The molecule has 0 saturated heterocycles. The third-order valence-corrected chi connectivity index (χ3v) is 8.98. The van der Waals surface area contributed by atoms with E-state index in [0.29, 0.717) is 22.3 Å². The zero-order valence-electron chi connectivity index (χ0n) is 25.7. The molecule has 8 rings (SSSR count). The molecular formula is C40H22F6N2O2. The molecule has 0 radical (unpaired) electrons. The Labute approximate surface area is 280 Å². The molecule has 2 heterocycles. The first-order chi connectivity index (χ1) is 24.0. The maximum absolute atomic E-state index is 14.8. The summed E-state index contributed by atoms with van der Waals surface area (Å²) in [7, 11) is 0. The average molecular weight is 677 g/mol. The lowest BCUT2D eigenvalue weighted by atomic mass is 9.95. The third kappa shape index (κ3) is 4.70. The zero-order chi connectivity index (χ0) is 34.9. The summed E-state index contributed by atoms with van der Waals surface area (Å²) in [6.45, 7) is 0. The fourth-order valence-electron chi connectivity index (χ4n) is 6.96. The predicted octanol–water partition coefficient (Wildman–Crippen LogP) is 11.0. The molecule has 246 valence electrons. The van der Waals surface area contributed by atoms with Gasteiger partial charge in [0.1, 0.15) is 0 Å². The fourth-order valence-corrected chi connectivity index (χ4v) is 6.96. The molecule has 0 N–H and O–H groups in total. The Balaban J connectivity index is 1.45. The van der Waals surface area contributed by atoms with Crippen LogP contribution in [-0.4, -0.2) is 16.4 Å². The Morgan fingerprint density at radius 2 is 0.880 bits per heavy atom. The molecule has 10 heteroatoms. The van der Waals surface area contributed by atoms with Crippen LogP contribution in [-0.2, 0) is 12.4 Å². The van der Waals surface area contributed by atoms with Gasteiger partial charge in [0.15, 0.2) is 0 Å². The number of imide groups is 1. The number of nitrogens with zero attached hydrogens (tertiary/aromatic N) is 2. The fraction of sp³-hybridized carbons (Fsp3) is 0.0500. The van der Waals surface area contributed by atoms with Gasteiger partial charge in [-0.15, -0.1) is 0 Å². The molecule has 7 aromatic rings. The van der Waals surface area contributed by atoms with Gasteiger partial charge in [-0.2, -0.15) is 26.3 Å². The van der Waals surface area contributed by atoms with E-state index in [0.717, 1.165) is 33.7 Å². The zero-order valence-corrected chi connectivity index (χ0v) is 25.7. The molecule has 1 aromatic heterocycles. The maximum Gasteiger partial charge on any atom is 0.418 e. The predicted molar refractivity (Wildman–Crippen MR) is 179 cm³/mol. The summed E-state index contributed by atoms with van der Waals surface area (Å²) in [6, 6.07) is 33.8. The number of benzene rings is 6. The van der Waals surface area contributed by atoms with Gasteiger partial charge in [0, 0.05) is 21.9 Å². The second-order valence-electron chi connectivity index (χ2n) is 11.8. The lowest BCUT2D eigenvalue weighted by Crippen LogP contribution is -2.30. The van der Waals surface area contributed by atoms with Crippen LogP contribution in [0.1, 0.15) is 31.8 Å². The van der Waals surface area contributed by atoms with Crippen molar-refractivity contribution < 1.29 is 35.9 Å². The van der Waals surface area contributed by atoms with Crippen molar-refractivity contribution in [3.8, 4) is 27.9 Å². The van der Waals surface area contributed by atoms with E-state index >= 15 is 0 Å². The number of amides is 2. The Morgan fingerprint density at radius 1 is 0.440 bits per heavy atom. The summed E-state index contributed by atoms with van der Waals surface area (Å²) in [6.07, 6.45) is -9.93. The van der Waals surface area contributed by atoms with Crippen molar-refractivity contribution in [3.05, 3.63) is 156 Å². The number of para-hydroxylation sites is 3. The van der Waals surface area contributed by atoms with E-state index in [9.17, 15) is 35.9 Å². The van der Waals surface area contributed by atoms with Crippen LogP contribution in [0.15, 0.2) is 133 Å². The number of rotatable bonds is 4. The monoisotopic (exact) mass is 676 g/mol. The first-order valence-corrected chi connectivity index (χ1v) is 15.4. The summed E-state index contributed by atoms with van der Waals surface area (Å²) in [4.78, 5) is 30.2. The highest BCUT2D eigenvalue weighted by Gasteiger charge is 2.43. The molecule has 1 aliphatic rings. The van der Waals surface area contributed by atoms with Crippen LogP contribution in [0.2, 0.25) is 0 Å². The molecule has 0 fully saturated rings. The number of fused-ring (bicyclic) bond motifs is 4. The Morgan fingerprint density at radius 3 is 1.36 bits per heavy atom. The Kier molecular flexibility index (Phi) is 6.97. The second-order valence-corrected chi connectivity index (χ2v) is 11.8. The molecular weight excluding hydrogens is 654 g/mol. The quantitative estimate of drug-likeness (QED) is 0.138. The summed E-state index contributed by atoms with van der Waals surface area (Å²) in [5, 5.41) is -0.180. The van der Waals surface area contributed by atoms with E-state index in [2.05, 4.69) is 0 Å². The van der Waals surface area contributed by atoms with Gasteiger partial charge in [-0.25, -0.2) is 4.90 Å². The highest BCUT2D eigenvalue weighted by molar-refractivity contribution is 6.37.